The zero-order valence-corrected chi connectivity index (χ0v) is 19.1. The third kappa shape index (κ3) is 6.22. The van der Waals surface area contributed by atoms with E-state index in [0.29, 0.717) is 24.2 Å². The summed E-state index contributed by atoms with van der Waals surface area (Å²) in [6.07, 6.45) is -2.52. The molecule has 2 aromatic carbocycles. The number of alkyl halides is 3. The minimum absolute atomic E-state index is 0.0402. The molecular formula is C25H27F4N3O2. The Kier molecular flexibility index (Phi) is 8.44. The van der Waals surface area contributed by atoms with Gasteiger partial charge in [0.2, 0.25) is 0 Å². The van der Waals surface area contributed by atoms with Crippen molar-refractivity contribution in [3.05, 3.63) is 76.9 Å². The summed E-state index contributed by atoms with van der Waals surface area (Å²) in [5.41, 5.74) is -0.0275. The Balaban J connectivity index is 1.90. The van der Waals surface area contributed by atoms with E-state index in [2.05, 4.69) is 10.4 Å². The molecule has 0 atom stereocenters. The second-order valence-electron chi connectivity index (χ2n) is 7.90. The number of unbranched alkanes of at least 4 members (excludes halogenated alkanes) is 1. The number of Topliss-reactive ketones (excluding diaryl/α,β-unsaturated/α-hetero) is 1. The number of carbonyl (C=O) groups is 1. The first-order valence-corrected chi connectivity index (χ1v) is 11.0. The largest absolute Gasteiger partial charge is 0.496 e. The van der Waals surface area contributed by atoms with Crippen LogP contribution in [-0.4, -0.2) is 36.3 Å². The van der Waals surface area contributed by atoms with Crippen LogP contribution in [0.15, 0.2) is 48.5 Å². The summed E-state index contributed by atoms with van der Waals surface area (Å²) in [7, 11) is 3.33. The number of carbonyl (C=O) groups excluding carboxylic acids is 1. The molecule has 0 radical (unpaired) electrons. The lowest BCUT2D eigenvalue weighted by Crippen LogP contribution is -2.11. The van der Waals surface area contributed by atoms with Crippen molar-refractivity contribution >= 4 is 5.78 Å². The first-order valence-electron chi connectivity index (χ1n) is 11.0. The predicted octanol–water partition coefficient (Wildman–Crippen LogP) is 5.40. The molecule has 1 N–H and O–H groups in total. The highest BCUT2D eigenvalue weighted by Crippen LogP contribution is 2.31. The van der Waals surface area contributed by atoms with Crippen LogP contribution in [0.3, 0.4) is 0 Å². The van der Waals surface area contributed by atoms with Crippen molar-refractivity contribution in [3.63, 3.8) is 0 Å². The average molecular weight is 478 g/mol. The minimum atomic E-state index is -4.72. The molecule has 3 aromatic rings. The van der Waals surface area contributed by atoms with Crippen molar-refractivity contribution < 1.29 is 27.1 Å². The van der Waals surface area contributed by atoms with Crippen LogP contribution < -0.4 is 10.1 Å². The van der Waals surface area contributed by atoms with Gasteiger partial charge < -0.3 is 10.1 Å². The second-order valence-corrected chi connectivity index (χ2v) is 7.90. The van der Waals surface area contributed by atoms with Gasteiger partial charge in [0.15, 0.2) is 11.5 Å². The maximum absolute atomic E-state index is 14.3. The van der Waals surface area contributed by atoms with Gasteiger partial charge in [0.25, 0.3) is 0 Å². The van der Waals surface area contributed by atoms with Crippen molar-refractivity contribution in [1.82, 2.24) is 15.1 Å². The van der Waals surface area contributed by atoms with E-state index in [1.54, 1.807) is 24.3 Å². The zero-order chi connectivity index (χ0) is 24.7. The van der Waals surface area contributed by atoms with Crippen molar-refractivity contribution in [2.45, 2.75) is 38.3 Å². The highest BCUT2D eigenvalue weighted by Gasteiger charge is 2.36. The van der Waals surface area contributed by atoms with Crippen LogP contribution >= 0.6 is 0 Å². The quantitative estimate of drug-likeness (QED) is 0.228. The van der Waals surface area contributed by atoms with Crippen molar-refractivity contribution in [1.29, 1.82) is 0 Å². The lowest BCUT2D eigenvalue weighted by molar-refractivity contribution is -0.141. The Morgan fingerprint density at radius 1 is 1.06 bits per heavy atom. The van der Waals surface area contributed by atoms with E-state index in [4.69, 9.17) is 4.74 Å². The highest BCUT2D eigenvalue weighted by atomic mass is 19.4. The summed E-state index contributed by atoms with van der Waals surface area (Å²) in [6.45, 7) is 0.778. The highest BCUT2D eigenvalue weighted by molar-refractivity contribution is 5.95. The lowest BCUT2D eigenvalue weighted by Gasteiger charge is -2.11. The number of halogens is 4. The summed E-state index contributed by atoms with van der Waals surface area (Å²) in [4.78, 5) is 13.0. The van der Waals surface area contributed by atoms with Gasteiger partial charge in [0.1, 0.15) is 17.3 Å². The van der Waals surface area contributed by atoms with E-state index in [1.165, 1.54) is 25.3 Å². The molecule has 0 aliphatic heterocycles. The molecule has 182 valence electrons. The van der Waals surface area contributed by atoms with Crippen LogP contribution in [0.5, 0.6) is 5.75 Å². The van der Waals surface area contributed by atoms with Gasteiger partial charge in [-0.25, -0.2) is 9.07 Å². The first kappa shape index (κ1) is 25.4. The summed E-state index contributed by atoms with van der Waals surface area (Å²) in [5.74, 6) is -0.351. The van der Waals surface area contributed by atoms with E-state index in [0.717, 1.165) is 29.3 Å². The normalized spacial score (nSPS) is 11.6. The number of para-hydroxylation sites is 1. The van der Waals surface area contributed by atoms with Crippen molar-refractivity contribution in [2.75, 3.05) is 20.7 Å². The Morgan fingerprint density at radius 2 is 1.82 bits per heavy atom. The Morgan fingerprint density at radius 3 is 2.53 bits per heavy atom. The molecule has 0 unspecified atom stereocenters. The standard InChI is InChI=1S/C25H27F4N3O2/c1-30-14-6-5-8-18-15-19(11-12-20(18)26)32-21(16-24(31-32)25(27,28)29)22(33)13-10-17-7-3-4-9-23(17)34-2/h3-4,7,9,11-12,15-16,30H,5-6,8,10,13-14H2,1-2H3. The van der Waals surface area contributed by atoms with Gasteiger partial charge in [-0.1, -0.05) is 18.2 Å². The third-order valence-electron chi connectivity index (χ3n) is 5.50. The fourth-order valence-electron chi connectivity index (χ4n) is 3.70. The van der Waals surface area contributed by atoms with Gasteiger partial charge >= 0.3 is 6.18 Å². The molecule has 0 bridgehead atoms. The number of ether oxygens (including phenoxy) is 1. The fraction of sp³-hybridized carbons (Fsp3) is 0.360. The van der Waals surface area contributed by atoms with Gasteiger partial charge in [-0.05, 0) is 74.7 Å². The number of aromatic nitrogens is 2. The topological polar surface area (TPSA) is 56.2 Å². The lowest BCUT2D eigenvalue weighted by atomic mass is 10.0. The number of ketones is 1. The van der Waals surface area contributed by atoms with Gasteiger partial charge in [-0.15, -0.1) is 0 Å². The Bertz CT molecular complexity index is 1130. The molecule has 1 aromatic heterocycles. The molecule has 0 saturated carbocycles. The van der Waals surface area contributed by atoms with Gasteiger partial charge in [0, 0.05) is 12.5 Å². The molecule has 9 heteroatoms. The van der Waals surface area contributed by atoms with E-state index in [-0.39, 0.29) is 24.2 Å². The molecule has 34 heavy (non-hydrogen) atoms. The number of hydrogen-bond donors (Lipinski definition) is 1. The maximum Gasteiger partial charge on any atom is 0.435 e. The average Bonchev–Trinajstić information content (AvgIpc) is 3.28. The van der Waals surface area contributed by atoms with Gasteiger partial charge in [-0.3, -0.25) is 4.79 Å². The summed E-state index contributed by atoms with van der Waals surface area (Å²) >= 11 is 0. The molecule has 0 fully saturated rings. The monoisotopic (exact) mass is 477 g/mol. The summed E-state index contributed by atoms with van der Waals surface area (Å²) in [5, 5.41) is 6.67. The molecule has 0 amide bonds. The molecule has 0 spiro atoms. The van der Waals surface area contributed by atoms with Crippen LogP contribution in [0.4, 0.5) is 17.6 Å². The number of benzene rings is 2. The Hall–Kier alpha value is -3.20. The Labute approximate surface area is 195 Å². The van der Waals surface area contributed by atoms with Crippen LogP contribution in [0, 0.1) is 5.82 Å². The molecule has 0 saturated heterocycles. The number of methoxy groups -OCH3 is 1. The number of rotatable bonds is 11. The van der Waals surface area contributed by atoms with E-state index < -0.39 is 23.5 Å². The first-order chi connectivity index (χ1) is 16.2. The van der Waals surface area contributed by atoms with E-state index in [1.807, 2.05) is 7.05 Å². The fourth-order valence-corrected chi connectivity index (χ4v) is 3.70. The number of nitrogens with zero attached hydrogens (tertiary/aromatic N) is 2. The predicted molar refractivity (Wildman–Crippen MR) is 121 cm³/mol. The van der Waals surface area contributed by atoms with Crippen LogP contribution in [0.1, 0.15) is 46.6 Å². The van der Waals surface area contributed by atoms with Gasteiger partial charge in [0.05, 0.1) is 12.8 Å². The van der Waals surface area contributed by atoms with Gasteiger partial charge in [-0.2, -0.15) is 18.3 Å². The van der Waals surface area contributed by atoms with E-state index >= 15 is 0 Å². The smallest absolute Gasteiger partial charge is 0.435 e. The molecule has 0 aliphatic rings. The SMILES string of the molecule is CNCCCCc1cc(-n2nc(C(F)(F)F)cc2C(=O)CCc2ccccc2OC)ccc1F. The molecule has 5 nitrogen and oxygen atoms in total. The van der Waals surface area contributed by atoms with Crippen molar-refractivity contribution in [3.8, 4) is 11.4 Å². The number of hydrogen-bond acceptors (Lipinski definition) is 4. The van der Waals surface area contributed by atoms with Crippen LogP contribution in [-0.2, 0) is 19.0 Å². The number of nitrogens with one attached hydrogen (secondary N) is 1. The molecule has 0 aliphatic carbocycles. The van der Waals surface area contributed by atoms with Crippen molar-refractivity contribution in [2.24, 2.45) is 0 Å². The van der Waals surface area contributed by atoms with Crippen LogP contribution in [0.2, 0.25) is 0 Å². The van der Waals surface area contributed by atoms with E-state index in [9.17, 15) is 22.4 Å². The third-order valence-corrected chi connectivity index (χ3v) is 5.50. The molecule has 1 heterocycles. The summed E-state index contributed by atoms with van der Waals surface area (Å²) < 4.78 is 60.8. The zero-order valence-electron chi connectivity index (χ0n) is 19.1. The van der Waals surface area contributed by atoms with Crippen LogP contribution in [0.25, 0.3) is 5.69 Å². The minimum Gasteiger partial charge on any atom is -0.496 e. The maximum atomic E-state index is 14.3. The molecule has 3 rings (SSSR count). The summed E-state index contributed by atoms with van der Waals surface area (Å²) in [6, 6.07) is 11.9. The molecular weight excluding hydrogens is 450 g/mol. The number of aryl methyl sites for hydroxylation is 2. The second kappa shape index (κ2) is 11.3.